The number of nitrogens with zero attached hydrogens (tertiary/aromatic N) is 1. The lowest BCUT2D eigenvalue weighted by atomic mass is 10.1. The summed E-state index contributed by atoms with van der Waals surface area (Å²) in [5.41, 5.74) is 3.60. The molecule has 0 atom stereocenters. The van der Waals surface area contributed by atoms with Crippen molar-refractivity contribution in [3.63, 3.8) is 0 Å². The summed E-state index contributed by atoms with van der Waals surface area (Å²) in [7, 11) is 1.90. The van der Waals surface area contributed by atoms with Gasteiger partial charge in [-0.2, -0.15) is 0 Å². The van der Waals surface area contributed by atoms with E-state index in [1.807, 2.05) is 7.05 Å². The first-order chi connectivity index (χ1) is 6.63. The quantitative estimate of drug-likeness (QED) is 0.855. The number of anilines is 1. The smallest absolute Gasteiger partial charge is 0.183 e. The van der Waals surface area contributed by atoms with E-state index in [1.54, 1.807) is 11.3 Å². The fourth-order valence-electron chi connectivity index (χ4n) is 1.42. The van der Waals surface area contributed by atoms with Gasteiger partial charge in [0.1, 0.15) is 0 Å². The van der Waals surface area contributed by atoms with Crippen LogP contribution in [0.3, 0.4) is 0 Å². The Morgan fingerprint density at radius 3 is 2.79 bits per heavy atom. The second kappa shape index (κ2) is 3.51. The minimum absolute atomic E-state index is 0.976. The zero-order chi connectivity index (χ0) is 10.3. The third kappa shape index (κ3) is 1.42. The topological polar surface area (TPSA) is 24.9 Å². The molecule has 0 radical (unpaired) electrons. The number of rotatable bonds is 1. The first-order valence-corrected chi connectivity index (χ1v) is 5.98. The van der Waals surface area contributed by atoms with Crippen molar-refractivity contribution in [1.82, 2.24) is 4.98 Å². The molecule has 2 nitrogen and oxygen atoms in total. The summed E-state index contributed by atoms with van der Waals surface area (Å²) >= 11 is 5.26. The Bertz CT molecular complexity index is 490. The number of thiazole rings is 1. The largest absolute Gasteiger partial charge is 0.365 e. The molecule has 0 bridgehead atoms. The van der Waals surface area contributed by atoms with Crippen LogP contribution in [0.15, 0.2) is 10.5 Å². The van der Waals surface area contributed by atoms with Crippen molar-refractivity contribution in [2.24, 2.45) is 0 Å². The van der Waals surface area contributed by atoms with Crippen molar-refractivity contribution in [2.75, 3.05) is 12.4 Å². The number of aromatic nitrogens is 1. The number of hydrogen-bond donors (Lipinski definition) is 1. The van der Waals surface area contributed by atoms with Crippen LogP contribution in [0.4, 0.5) is 5.13 Å². The van der Waals surface area contributed by atoms with Crippen LogP contribution in [0.2, 0.25) is 0 Å². The van der Waals surface area contributed by atoms with Crippen LogP contribution in [0.5, 0.6) is 0 Å². The standard InChI is InChI=1S/C10H11BrN2S/c1-5-4-7(11)6(2)9-8(5)13-10(12-3)14-9/h4H,1-3H3,(H,12,13). The van der Waals surface area contributed by atoms with Gasteiger partial charge in [-0.15, -0.1) is 0 Å². The second-order valence-corrected chi connectivity index (χ2v) is 5.10. The zero-order valence-corrected chi connectivity index (χ0v) is 10.7. The Labute approximate surface area is 95.5 Å². The first-order valence-electron chi connectivity index (χ1n) is 4.37. The minimum atomic E-state index is 0.976. The SMILES string of the molecule is CNc1nc2c(C)cc(Br)c(C)c2s1. The Morgan fingerprint density at radius 1 is 1.43 bits per heavy atom. The maximum Gasteiger partial charge on any atom is 0.183 e. The fourth-order valence-corrected chi connectivity index (χ4v) is 3.10. The Balaban J connectivity index is 2.84. The number of halogens is 1. The number of nitrogens with one attached hydrogen (secondary N) is 1. The number of benzene rings is 1. The summed E-state index contributed by atoms with van der Waals surface area (Å²) in [6.45, 7) is 4.20. The Hall–Kier alpha value is -0.610. The summed E-state index contributed by atoms with van der Waals surface area (Å²) in [5, 5.41) is 4.06. The van der Waals surface area contributed by atoms with Gasteiger partial charge in [0.2, 0.25) is 0 Å². The molecule has 0 spiro atoms. The van der Waals surface area contributed by atoms with Crippen LogP contribution in [0, 0.1) is 13.8 Å². The van der Waals surface area contributed by atoms with E-state index in [1.165, 1.54) is 15.8 Å². The number of hydrogen-bond acceptors (Lipinski definition) is 3. The van der Waals surface area contributed by atoms with Gasteiger partial charge in [0.25, 0.3) is 0 Å². The summed E-state index contributed by atoms with van der Waals surface area (Å²) in [6.07, 6.45) is 0. The molecule has 0 aliphatic carbocycles. The van der Waals surface area contributed by atoms with Crippen LogP contribution in [-0.2, 0) is 0 Å². The van der Waals surface area contributed by atoms with Gasteiger partial charge in [-0.1, -0.05) is 27.3 Å². The van der Waals surface area contributed by atoms with Crippen molar-refractivity contribution in [1.29, 1.82) is 0 Å². The van der Waals surface area contributed by atoms with E-state index >= 15 is 0 Å². The van der Waals surface area contributed by atoms with Crippen LogP contribution in [-0.4, -0.2) is 12.0 Å². The summed E-state index contributed by atoms with van der Waals surface area (Å²) < 4.78 is 2.43. The van der Waals surface area contributed by atoms with E-state index in [0.717, 1.165) is 15.1 Å². The van der Waals surface area contributed by atoms with Crippen molar-refractivity contribution in [2.45, 2.75) is 13.8 Å². The molecule has 0 aliphatic rings. The van der Waals surface area contributed by atoms with E-state index in [-0.39, 0.29) is 0 Å². The molecule has 0 amide bonds. The number of fused-ring (bicyclic) bond motifs is 1. The van der Waals surface area contributed by atoms with Crippen molar-refractivity contribution in [3.05, 3.63) is 21.7 Å². The highest BCUT2D eigenvalue weighted by Crippen LogP contribution is 2.34. The van der Waals surface area contributed by atoms with Crippen LogP contribution in [0.25, 0.3) is 10.2 Å². The van der Waals surface area contributed by atoms with Gasteiger partial charge < -0.3 is 5.32 Å². The van der Waals surface area contributed by atoms with Gasteiger partial charge in [-0.25, -0.2) is 4.98 Å². The minimum Gasteiger partial charge on any atom is -0.365 e. The molecule has 4 heteroatoms. The van der Waals surface area contributed by atoms with Gasteiger partial charge in [-0.05, 0) is 31.0 Å². The third-order valence-electron chi connectivity index (χ3n) is 2.26. The zero-order valence-electron chi connectivity index (χ0n) is 8.31. The number of aryl methyl sites for hydroxylation is 2. The molecular formula is C10H11BrN2S. The lowest BCUT2D eigenvalue weighted by Gasteiger charge is -2.01. The Morgan fingerprint density at radius 2 is 2.14 bits per heavy atom. The predicted molar refractivity (Wildman–Crippen MR) is 66.3 cm³/mol. The first kappa shape index (κ1) is 9.93. The summed E-state index contributed by atoms with van der Waals surface area (Å²) in [5.74, 6) is 0. The molecule has 1 heterocycles. The molecule has 0 fully saturated rings. The van der Waals surface area contributed by atoms with E-state index < -0.39 is 0 Å². The highest BCUT2D eigenvalue weighted by molar-refractivity contribution is 9.10. The van der Waals surface area contributed by atoms with Crippen LogP contribution in [0.1, 0.15) is 11.1 Å². The molecule has 74 valence electrons. The van der Waals surface area contributed by atoms with Crippen molar-refractivity contribution >= 4 is 42.6 Å². The molecule has 1 aromatic heterocycles. The molecule has 1 N–H and O–H groups in total. The van der Waals surface area contributed by atoms with E-state index in [0.29, 0.717) is 0 Å². The van der Waals surface area contributed by atoms with Gasteiger partial charge in [-0.3, -0.25) is 0 Å². The third-order valence-corrected chi connectivity index (χ3v) is 4.27. The summed E-state index contributed by atoms with van der Waals surface area (Å²) in [6, 6.07) is 2.12. The second-order valence-electron chi connectivity index (χ2n) is 3.25. The lowest BCUT2D eigenvalue weighted by Crippen LogP contribution is -1.85. The maximum absolute atomic E-state index is 4.52. The van der Waals surface area contributed by atoms with Crippen LogP contribution < -0.4 is 5.32 Å². The average molecular weight is 271 g/mol. The van der Waals surface area contributed by atoms with Gasteiger partial charge in [0.05, 0.1) is 10.2 Å². The molecule has 0 saturated heterocycles. The predicted octanol–water partition coefficient (Wildman–Crippen LogP) is 3.72. The lowest BCUT2D eigenvalue weighted by molar-refractivity contribution is 1.36. The van der Waals surface area contributed by atoms with Crippen LogP contribution >= 0.6 is 27.3 Å². The maximum atomic E-state index is 4.52. The molecule has 0 aliphatic heterocycles. The fraction of sp³-hybridized carbons (Fsp3) is 0.300. The molecule has 0 unspecified atom stereocenters. The molecule has 2 aromatic rings. The Kier molecular flexibility index (Phi) is 2.49. The molecule has 1 aromatic carbocycles. The summed E-state index contributed by atoms with van der Waals surface area (Å²) in [4.78, 5) is 4.52. The normalized spacial score (nSPS) is 10.9. The van der Waals surface area contributed by atoms with Gasteiger partial charge in [0, 0.05) is 11.5 Å². The molecule has 14 heavy (non-hydrogen) atoms. The van der Waals surface area contributed by atoms with Gasteiger partial charge in [0.15, 0.2) is 5.13 Å². The highest BCUT2D eigenvalue weighted by Gasteiger charge is 2.10. The van der Waals surface area contributed by atoms with Crippen molar-refractivity contribution in [3.8, 4) is 0 Å². The van der Waals surface area contributed by atoms with E-state index in [9.17, 15) is 0 Å². The van der Waals surface area contributed by atoms with E-state index in [4.69, 9.17) is 0 Å². The molecular weight excluding hydrogens is 260 g/mol. The average Bonchev–Trinajstić information content (AvgIpc) is 2.58. The molecule has 2 rings (SSSR count). The van der Waals surface area contributed by atoms with Gasteiger partial charge >= 0.3 is 0 Å². The monoisotopic (exact) mass is 270 g/mol. The highest BCUT2D eigenvalue weighted by atomic mass is 79.9. The van der Waals surface area contributed by atoms with E-state index in [2.05, 4.69) is 46.1 Å². The molecule has 0 saturated carbocycles. The van der Waals surface area contributed by atoms with Crippen molar-refractivity contribution < 1.29 is 0 Å².